The van der Waals surface area contributed by atoms with Crippen molar-refractivity contribution in [3.05, 3.63) is 0 Å². The van der Waals surface area contributed by atoms with Gasteiger partial charge in [0.2, 0.25) is 0 Å². The van der Waals surface area contributed by atoms with Crippen LogP contribution in [0.4, 0.5) is 0 Å². The smallest absolute Gasteiger partial charge is 0.132 e. The Morgan fingerprint density at radius 3 is 2.80 bits per heavy atom. The maximum absolute atomic E-state index is 11.2. The van der Waals surface area contributed by atoms with E-state index >= 15 is 0 Å². The summed E-state index contributed by atoms with van der Waals surface area (Å²) >= 11 is 0. The van der Waals surface area contributed by atoms with E-state index < -0.39 is 0 Å². The fourth-order valence-corrected chi connectivity index (χ4v) is 2.39. The lowest BCUT2D eigenvalue weighted by Gasteiger charge is -2.37. The number of carbonyl (C=O) groups excluding carboxylic acids is 1. The van der Waals surface area contributed by atoms with Crippen LogP contribution >= 0.6 is 0 Å². The fourth-order valence-electron chi connectivity index (χ4n) is 2.39. The van der Waals surface area contributed by atoms with E-state index in [1.165, 1.54) is 19.4 Å². The molecule has 0 bridgehead atoms. The SMILES string of the molecule is CCC(=O)CCCN1CCCC(C)C1C. The molecule has 1 rings (SSSR count). The molecule has 88 valence electrons. The van der Waals surface area contributed by atoms with Gasteiger partial charge in [-0.25, -0.2) is 0 Å². The highest BCUT2D eigenvalue weighted by molar-refractivity contribution is 5.77. The third-order valence-corrected chi connectivity index (χ3v) is 3.80. The molecule has 0 aliphatic carbocycles. The van der Waals surface area contributed by atoms with E-state index in [0.717, 1.165) is 25.3 Å². The molecular weight excluding hydrogens is 186 g/mol. The first kappa shape index (κ1) is 12.7. The van der Waals surface area contributed by atoms with E-state index in [9.17, 15) is 4.79 Å². The molecule has 15 heavy (non-hydrogen) atoms. The van der Waals surface area contributed by atoms with E-state index in [4.69, 9.17) is 0 Å². The average molecular weight is 211 g/mol. The lowest BCUT2D eigenvalue weighted by atomic mass is 9.92. The summed E-state index contributed by atoms with van der Waals surface area (Å²) in [6, 6.07) is 0.704. The molecule has 0 radical (unpaired) electrons. The van der Waals surface area contributed by atoms with Crippen LogP contribution in [0.2, 0.25) is 0 Å². The number of Topliss-reactive ketones (excluding diaryl/α,β-unsaturated/α-hetero) is 1. The van der Waals surface area contributed by atoms with Crippen LogP contribution in [0.15, 0.2) is 0 Å². The van der Waals surface area contributed by atoms with Crippen LogP contribution in [0, 0.1) is 5.92 Å². The molecule has 1 fully saturated rings. The highest BCUT2D eigenvalue weighted by Crippen LogP contribution is 2.22. The van der Waals surface area contributed by atoms with Gasteiger partial charge in [-0.15, -0.1) is 0 Å². The molecule has 0 saturated carbocycles. The minimum atomic E-state index is 0.410. The Labute approximate surface area is 94.0 Å². The van der Waals surface area contributed by atoms with Crippen LogP contribution in [-0.4, -0.2) is 29.8 Å². The average Bonchev–Trinajstić information content (AvgIpc) is 2.24. The number of nitrogens with zero attached hydrogens (tertiary/aromatic N) is 1. The molecule has 1 saturated heterocycles. The van der Waals surface area contributed by atoms with Gasteiger partial charge in [0.1, 0.15) is 5.78 Å². The molecule has 1 heterocycles. The molecule has 1 aliphatic heterocycles. The zero-order valence-corrected chi connectivity index (χ0v) is 10.5. The van der Waals surface area contributed by atoms with Gasteiger partial charge in [0, 0.05) is 18.9 Å². The number of carbonyl (C=O) groups is 1. The first-order valence-electron chi connectivity index (χ1n) is 6.41. The largest absolute Gasteiger partial charge is 0.300 e. The number of piperidine rings is 1. The second-order valence-electron chi connectivity index (χ2n) is 4.89. The molecule has 1 aliphatic rings. The van der Waals surface area contributed by atoms with E-state index in [0.29, 0.717) is 18.2 Å². The molecule has 2 heteroatoms. The van der Waals surface area contributed by atoms with Crippen molar-refractivity contribution in [2.45, 2.75) is 58.9 Å². The Morgan fingerprint density at radius 1 is 1.40 bits per heavy atom. The summed E-state index contributed by atoms with van der Waals surface area (Å²) in [5, 5.41) is 0. The summed E-state index contributed by atoms with van der Waals surface area (Å²) in [7, 11) is 0. The fraction of sp³-hybridized carbons (Fsp3) is 0.923. The Kier molecular flexibility index (Phi) is 5.30. The summed E-state index contributed by atoms with van der Waals surface area (Å²) in [5.41, 5.74) is 0. The lowest BCUT2D eigenvalue weighted by Crippen LogP contribution is -2.42. The third-order valence-electron chi connectivity index (χ3n) is 3.80. The Balaban J connectivity index is 2.22. The topological polar surface area (TPSA) is 20.3 Å². The van der Waals surface area contributed by atoms with Gasteiger partial charge >= 0.3 is 0 Å². The summed E-state index contributed by atoms with van der Waals surface area (Å²) in [6.07, 6.45) is 5.21. The lowest BCUT2D eigenvalue weighted by molar-refractivity contribution is -0.118. The molecule has 2 atom stereocenters. The van der Waals surface area contributed by atoms with Crippen molar-refractivity contribution in [3.63, 3.8) is 0 Å². The first-order valence-corrected chi connectivity index (χ1v) is 6.41. The molecule has 0 amide bonds. The van der Waals surface area contributed by atoms with Gasteiger partial charge in [-0.1, -0.05) is 13.8 Å². The third kappa shape index (κ3) is 3.94. The Hall–Kier alpha value is -0.370. The van der Waals surface area contributed by atoms with E-state index in [-0.39, 0.29) is 0 Å². The van der Waals surface area contributed by atoms with Gasteiger partial charge < -0.3 is 4.90 Å². The van der Waals surface area contributed by atoms with Crippen molar-refractivity contribution in [1.29, 1.82) is 0 Å². The number of likely N-dealkylation sites (tertiary alicyclic amines) is 1. The van der Waals surface area contributed by atoms with Crippen LogP contribution in [0.25, 0.3) is 0 Å². The van der Waals surface area contributed by atoms with Gasteiger partial charge in [0.25, 0.3) is 0 Å². The van der Waals surface area contributed by atoms with Crippen molar-refractivity contribution in [2.75, 3.05) is 13.1 Å². The summed E-state index contributed by atoms with van der Waals surface area (Å²) < 4.78 is 0. The highest BCUT2D eigenvalue weighted by Gasteiger charge is 2.23. The Morgan fingerprint density at radius 2 is 2.13 bits per heavy atom. The monoisotopic (exact) mass is 211 g/mol. The predicted molar refractivity (Wildman–Crippen MR) is 64.0 cm³/mol. The van der Waals surface area contributed by atoms with Crippen LogP contribution in [0.5, 0.6) is 0 Å². The van der Waals surface area contributed by atoms with E-state index in [1.54, 1.807) is 0 Å². The molecular formula is C13H25NO. The minimum Gasteiger partial charge on any atom is -0.300 e. The molecule has 2 nitrogen and oxygen atoms in total. The van der Waals surface area contributed by atoms with Crippen LogP contribution in [0.1, 0.15) is 52.9 Å². The predicted octanol–water partition coefficient (Wildman–Crippen LogP) is 2.87. The molecule has 0 aromatic carbocycles. The maximum Gasteiger partial charge on any atom is 0.132 e. The molecule has 0 N–H and O–H groups in total. The maximum atomic E-state index is 11.2. The molecule has 0 aromatic heterocycles. The van der Waals surface area contributed by atoms with Crippen molar-refractivity contribution < 1.29 is 4.79 Å². The highest BCUT2D eigenvalue weighted by atomic mass is 16.1. The normalized spacial score (nSPS) is 27.9. The van der Waals surface area contributed by atoms with Crippen molar-refractivity contribution in [1.82, 2.24) is 4.90 Å². The zero-order valence-electron chi connectivity index (χ0n) is 10.5. The van der Waals surface area contributed by atoms with Crippen LogP contribution in [0.3, 0.4) is 0 Å². The van der Waals surface area contributed by atoms with Gasteiger partial charge in [-0.05, 0) is 45.2 Å². The quantitative estimate of drug-likeness (QED) is 0.697. The zero-order chi connectivity index (χ0) is 11.3. The van der Waals surface area contributed by atoms with Crippen LogP contribution < -0.4 is 0 Å². The van der Waals surface area contributed by atoms with Crippen molar-refractivity contribution in [3.8, 4) is 0 Å². The van der Waals surface area contributed by atoms with Gasteiger partial charge in [0.15, 0.2) is 0 Å². The van der Waals surface area contributed by atoms with Crippen molar-refractivity contribution in [2.24, 2.45) is 5.92 Å². The van der Waals surface area contributed by atoms with Gasteiger partial charge in [-0.3, -0.25) is 4.79 Å². The van der Waals surface area contributed by atoms with Crippen LogP contribution in [-0.2, 0) is 4.79 Å². The molecule has 2 unspecified atom stereocenters. The molecule has 0 aromatic rings. The number of hydrogen-bond acceptors (Lipinski definition) is 2. The van der Waals surface area contributed by atoms with Crippen molar-refractivity contribution >= 4 is 5.78 Å². The second kappa shape index (κ2) is 6.26. The summed E-state index contributed by atoms with van der Waals surface area (Å²) in [5.74, 6) is 1.23. The first-order chi connectivity index (χ1) is 7.15. The summed E-state index contributed by atoms with van der Waals surface area (Å²) in [4.78, 5) is 13.7. The number of rotatable bonds is 5. The van der Waals surface area contributed by atoms with Gasteiger partial charge in [-0.2, -0.15) is 0 Å². The number of ketones is 1. The number of hydrogen-bond donors (Lipinski definition) is 0. The minimum absolute atomic E-state index is 0.410. The van der Waals surface area contributed by atoms with E-state index in [1.807, 2.05) is 6.92 Å². The second-order valence-corrected chi connectivity index (χ2v) is 4.89. The standard InChI is InChI=1S/C13H25NO/c1-4-13(15)8-6-10-14-9-5-7-11(2)12(14)3/h11-12H,4-10H2,1-3H3. The molecule has 0 spiro atoms. The van der Waals surface area contributed by atoms with E-state index in [2.05, 4.69) is 18.7 Å². The Bertz CT molecular complexity index is 203. The summed E-state index contributed by atoms with van der Waals surface area (Å²) in [6.45, 7) is 8.95. The van der Waals surface area contributed by atoms with Gasteiger partial charge in [0.05, 0.1) is 0 Å².